The van der Waals surface area contributed by atoms with Gasteiger partial charge in [0.1, 0.15) is 5.76 Å². The van der Waals surface area contributed by atoms with Crippen LogP contribution in [-0.4, -0.2) is 0 Å². The van der Waals surface area contributed by atoms with E-state index in [4.69, 9.17) is 4.42 Å². The van der Waals surface area contributed by atoms with Gasteiger partial charge in [-0.25, -0.2) is 0 Å². The van der Waals surface area contributed by atoms with Gasteiger partial charge in [-0.05, 0) is 23.3 Å². The first-order valence-electron chi connectivity index (χ1n) is 6.29. The summed E-state index contributed by atoms with van der Waals surface area (Å²) in [6.45, 7) is 0. The summed E-state index contributed by atoms with van der Waals surface area (Å²) in [5.74, 6) is 0.897. The molecule has 3 aromatic rings. The normalized spacial score (nSPS) is 10.9. The molecule has 1 heteroatoms. The number of hydrogen-bond donors (Lipinski definition) is 0. The van der Waals surface area contributed by atoms with Crippen molar-refractivity contribution in [1.29, 1.82) is 0 Å². The Labute approximate surface area is 112 Å². The molecule has 0 amide bonds. The molecule has 0 bridgehead atoms. The van der Waals surface area contributed by atoms with Gasteiger partial charge < -0.3 is 4.42 Å². The molecule has 0 atom stereocenters. The molecular weight excluding hydrogens is 232 g/mol. The van der Waals surface area contributed by atoms with E-state index in [1.807, 2.05) is 42.5 Å². The van der Waals surface area contributed by atoms with Crippen LogP contribution in [0.4, 0.5) is 0 Å². The lowest BCUT2D eigenvalue weighted by molar-refractivity contribution is 0.582. The molecule has 0 aliphatic carbocycles. The highest BCUT2D eigenvalue weighted by molar-refractivity contribution is 5.78. The summed E-state index contributed by atoms with van der Waals surface area (Å²) >= 11 is 0. The molecular formula is C18H14O. The van der Waals surface area contributed by atoms with E-state index < -0.39 is 0 Å². The van der Waals surface area contributed by atoms with Crippen LogP contribution in [0.3, 0.4) is 0 Å². The van der Waals surface area contributed by atoms with Gasteiger partial charge in [-0.1, -0.05) is 66.7 Å². The topological polar surface area (TPSA) is 13.1 Å². The van der Waals surface area contributed by atoms with Crippen LogP contribution in [0, 0.1) is 0 Å². The molecule has 92 valence electrons. The standard InChI is InChI=1S/C18H14O/c1-2-7-15(8-3-1)12-13-16-9-4-5-10-17(16)18-11-6-14-19-18/h1-14H. The molecule has 0 fully saturated rings. The fraction of sp³-hybridized carbons (Fsp3) is 0. The van der Waals surface area contributed by atoms with Gasteiger partial charge in [0, 0.05) is 5.56 Å². The lowest BCUT2D eigenvalue weighted by atomic mass is 10.0. The molecule has 0 saturated carbocycles. The predicted octanol–water partition coefficient (Wildman–Crippen LogP) is 5.12. The van der Waals surface area contributed by atoms with Crippen molar-refractivity contribution in [2.24, 2.45) is 0 Å². The second-order valence-corrected chi connectivity index (χ2v) is 4.31. The summed E-state index contributed by atoms with van der Waals surface area (Å²) in [4.78, 5) is 0. The minimum atomic E-state index is 0.897. The van der Waals surface area contributed by atoms with Crippen molar-refractivity contribution in [2.75, 3.05) is 0 Å². The Balaban J connectivity index is 1.96. The van der Waals surface area contributed by atoms with E-state index in [0.29, 0.717) is 0 Å². The quantitative estimate of drug-likeness (QED) is 0.585. The van der Waals surface area contributed by atoms with Crippen molar-refractivity contribution in [3.05, 3.63) is 84.1 Å². The number of benzene rings is 2. The smallest absolute Gasteiger partial charge is 0.134 e. The second kappa shape index (κ2) is 5.40. The first kappa shape index (κ1) is 11.5. The molecule has 0 spiro atoms. The second-order valence-electron chi connectivity index (χ2n) is 4.31. The Kier molecular flexibility index (Phi) is 3.28. The summed E-state index contributed by atoms with van der Waals surface area (Å²) in [6.07, 6.45) is 5.93. The van der Waals surface area contributed by atoms with Gasteiger partial charge in [0.25, 0.3) is 0 Å². The minimum absolute atomic E-state index is 0.897. The molecule has 0 aliphatic heterocycles. The van der Waals surface area contributed by atoms with Gasteiger partial charge >= 0.3 is 0 Å². The third-order valence-electron chi connectivity index (χ3n) is 3.00. The fourth-order valence-corrected chi connectivity index (χ4v) is 2.05. The Morgan fingerprint density at radius 3 is 2.26 bits per heavy atom. The van der Waals surface area contributed by atoms with Crippen LogP contribution in [0.25, 0.3) is 23.5 Å². The van der Waals surface area contributed by atoms with Crippen LogP contribution in [0.5, 0.6) is 0 Å². The van der Waals surface area contributed by atoms with E-state index in [1.54, 1.807) is 6.26 Å². The molecule has 1 nitrogen and oxygen atoms in total. The average Bonchev–Trinajstić information content (AvgIpc) is 3.01. The number of rotatable bonds is 3. The van der Waals surface area contributed by atoms with Crippen molar-refractivity contribution < 1.29 is 4.42 Å². The van der Waals surface area contributed by atoms with Crippen LogP contribution in [0.1, 0.15) is 11.1 Å². The monoisotopic (exact) mass is 246 g/mol. The maximum atomic E-state index is 5.48. The SMILES string of the molecule is C(=Cc1ccccc1-c1ccco1)c1ccccc1. The van der Waals surface area contributed by atoms with Gasteiger partial charge in [0.05, 0.1) is 6.26 Å². The molecule has 0 radical (unpaired) electrons. The van der Waals surface area contributed by atoms with Crippen LogP contribution in [-0.2, 0) is 0 Å². The molecule has 3 rings (SSSR count). The maximum absolute atomic E-state index is 5.48. The van der Waals surface area contributed by atoms with Gasteiger partial charge in [-0.2, -0.15) is 0 Å². The van der Waals surface area contributed by atoms with E-state index in [1.165, 1.54) is 5.56 Å². The predicted molar refractivity (Wildman–Crippen MR) is 79.5 cm³/mol. The fourth-order valence-electron chi connectivity index (χ4n) is 2.05. The van der Waals surface area contributed by atoms with Crippen molar-refractivity contribution in [3.63, 3.8) is 0 Å². The molecule has 19 heavy (non-hydrogen) atoms. The molecule has 0 N–H and O–H groups in total. The van der Waals surface area contributed by atoms with E-state index in [0.717, 1.165) is 16.9 Å². The van der Waals surface area contributed by atoms with Crippen LogP contribution >= 0.6 is 0 Å². The third-order valence-corrected chi connectivity index (χ3v) is 3.00. The Morgan fingerprint density at radius 2 is 1.47 bits per heavy atom. The highest BCUT2D eigenvalue weighted by atomic mass is 16.3. The van der Waals surface area contributed by atoms with E-state index in [2.05, 4.69) is 36.4 Å². The Hall–Kier alpha value is -2.54. The van der Waals surface area contributed by atoms with E-state index in [9.17, 15) is 0 Å². The highest BCUT2D eigenvalue weighted by Gasteiger charge is 2.03. The summed E-state index contributed by atoms with van der Waals surface area (Å²) in [5.41, 5.74) is 3.46. The largest absolute Gasteiger partial charge is 0.464 e. The van der Waals surface area contributed by atoms with Crippen molar-refractivity contribution in [1.82, 2.24) is 0 Å². The van der Waals surface area contributed by atoms with Crippen molar-refractivity contribution in [2.45, 2.75) is 0 Å². The molecule has 0 aliphatic rings. The zero-order valence-electron chi connectivity index (χ0n) is 10.5. The van der Waals surface area contributed by atoms with Gasteiger partial charge in [0.15, 0.2) is 0 Å². The first-order valence-corrected chi connectivity index (χ1v) is 6.29. The maximum Gasteiger partial charge on any atom is 0.134 e. The summed E-state index contributed by atoms with van der Waals surface area (Å²) in [6, 6.07) is 22.4. The number of hydrogen-bond acceptors (Lipinski definition) is 1. The lowest BCUT2D eigenvalue weighted by Crippen LogP contribution is -1.80. The van der Waals surface area contributed by atoms with Gasteiger partial charge in [-0.3, -0.25) is 0 Å². The molecule has 2 aromatic carbocycles. The zero-order valence-corrected chi connectivity index (χ0v) is 10.5. The van der Waals surface area contributed by atoms with Gasteiger partial charge in [0.2, 0.25) is 0 Å². The third kappa shape index (κ3) is 2.66. The molecule has 1 aromatic heterocycles. The molecule has 0 saturated heterocycles. The zero-order chi connectivity index (χ0) is 12.9. The Bertz CT molecular complexity index is 664. The average molecular weight is 246 g/mol. The summed E-state index contributed by atoms with van der Waals surface area (Å²) in [7, 11) is 0. The first-order chi connectivity index (χ1) is 9.43. The lowest BCUT2D eigenvalue weighted by Gasteiger charge is -2.02. The van der Waals surface area contributed by atoms with Crippen LogP contribution < -0.4 is 0 Å². The minimum Gasteiger partial charge on any atom is -0.464 e. The van der Waals surface area contributed by atoms with Crippen molar-refractivity contribution in [3.8, 4) is 11.3 Å². The Morgan fingerprint density at radius 1 is 0.684 bits per heavy atom. The molecule has 1 heterocycles. The number of furan rings is 1. The van der Waals surface area contributed by atoms with Crippen LogP contribution in [0.2, 0.25) is 0 Å². The van der Waals surface area contributed by atoms with Crippen molar-refractivity contribution >= 4 is 12.2 Å². The summed E-state index contributed by atoms with van der Waals surface area (Å²) in [5, 5.41) is 0. The summed E-state index contributed by atoms with van der Waals surface area (Å²) < 4.78 is 5.48. The van der Waals surface area contributed by atoms with E-state index in [-0.39, 0.29) is 0 Å². The molecule has 0 unspecified atom stereocenters. The van der Waals surface area contributed by atoms with E-state index >= 15 is 0 Å². The highest BCUT2D eigenvalue weighted by Crippen LogP contribution is 2.25. The van der Waals surface area contributed by atoms with Crippen LogP contribution in [0.15, 0.2) is 77.4 Å². The van der Waals surface area contributed by atoms with Gasteiger partial charge in [-0.15, -0.1) is 0 Å².